The first-order valence-corrected chi connectivity index (χ1v) is 6.86. The predicted molar refractivity (Wildman–Crippen MR) is 73.0 cm³/mol. The molecule has 1 aromatic carbocycles. The van der Waals surface area contributed by atoms with Gasteiger partial charge in [0.1, 0.15) is 11.6 Å². The number of nitrogens with zero attached hydrogens (tertiary/aromatic N) is 1. The summed E-state index contributed by atoms with van der Waals surface area (Å²) in [5, 5.41) is 0. The lowest BCUT2D eigenvalue weighted by molar-refractivity contribution is -0.132. The molecule has 0 aromatic heterocycles. The van der Waals surface area contributed by atoms with E-state index in [4.69, 9.17) is 5.73 Å². The molecule has 1 aliphatic heterocycles. The van der Waals surface area contributed by atoms with Crippen LogP contribution in [-0.4, -0.2) is 30.4 Å². The van der Waals surface area contributed by atoms with Gasteiger partial charge < -0.3 is 10.6 Å². The van der Waals surface area contributed by atoms with Crippen LogP contribution in [-0.2, 0) is 11.2 Å². The van der Waals surface area contributed by atoms with Crippen LogP contribution in [0.1, 0.15) is 25.3 Å². The average Bonchev–Trinajstić information content (AvgIpc) is 2.43. The Hall–Kier alpha value is -1.49. The fourth-order valence-electron chi connectivity index (χ4n) is 2.46. The number of piperidine rings is 1. The zero-order valence-electron chi connectivity index (χ0n) is 11.7. The molecule has 3 nitrogen and oxygen atoms in total. The summed E-state index contributed by atoms with van der Waals surface area (Å²) in [6.45, 7) is 3.90. The van der Waals surface area contributed by atoms with Crippen LogP contribution in [0, 0.1) is 17.0 Å². The van der Waals surface area contributed by atoms with Crippen LogP contribution in [0.2, 0.25) is 0 Å². The maximum Gasteiger partial charge on any atom is 0.227 e. The van der Waals surface area contributed by atoms with Crippen molar-refractivity contribution in [3.8, 4) is 0 Å². The van der Waals surface area contributed by atoms with Crippen LogP contribution in [0.15, 0.2) is 18.2 Å². The van der Waals surface area contributed by atoms with Gasteiger partial charge in [0, 0.05) is 18.7 Å². The molecule has 110 valence electrons. The zero-order chi connectivity index (χ0) is 14.8. The second-order valence-electron chi connectivity index (χ2n) is 5.77. The molecule has 1 fully saturated rings. The van der Waals surface area contributed by atoms with E-state index >= 15 is 0 Å². The molecule has 1 aliphatic rings. The lowest BCUT2D eigenvalue weighted by Gasteiger charge is -2.38. The van der Waals surface area contributed by atoms with Gasteiger partial charge in [-0.15, -0.1) is 0 Å². The third-order valence-electron chi connectivity index (χ3n) is 4.21. The summed E-state index contributed by atoms with van der Waals surface area (Å²) in [5.74, 6) is -1.56. The molecule has 0 bridgehead atoms. The molecule has 0 spiro atoms. The molecule has 2 rings (SSSR count). The van der Waals surface area contributed by atoms with Crippen molar-refractivity contribution in [1.82, 2.24) is 4.90 Å². The Bertz CT molecular complexity index is 476. The minimum absolute atomic E-state index is 0.0695. The minimum Gasteiger partial charge on any atom is -0.342 e. The molecule has 5 heteroatoms. The number of amides is 1. The Balaban J connectivity index is 2.00. The highest BCUT2D eigenvalue weighted by atomic mass is 19.1. The Kier molecular flexibility index (Phi) is 4.38. The molecule has 0 saturated carbocycles. The number of benzene rings is 1. The topological polar surface area (TPSA) is 46.3 Å². The maximum absolute atomic E-state index is 13.5. The number of carbonyl (C=O) groups is 1. The molecule has 20 heavy (non-hydrogen) atoms. The normalized spacial score (nSPS) is 18.1. The highest BCUT2D eigenvalue weighted by Gasteiger charge is 2.31. The van der Waals surface area contributed by atoms with Gasteiger partial charge in [-0.2, -0.15) is 0 Å². The summed E-state index contributed by atoms with van der Waals surface area (Å²) < 4.78 is 27.1. The first-order valence-electron chi connectivity index (χ1n) is 6.86. The molecule has 0 radical (unpaired) electrons. The van der Waals surface area contributed by atoms with Crippen LogP contribution in [0.25, 0.3) is 0 Å². The van der Waals surface area contributed by atoms with E-state index in [0.717, 1.165) is 12.8 Å². The molecule has 1 aromatic rings. The zero-order valence-corrected chi connectivity index (χ0v) is 11.7. The Labute approximate surface area is 117 Å². The monoisotopic (exact) mass is 282 g/mol. The van der Waals surface area contributed by atoms with Crippen molar-refractivity contribution in [2.45, 2.75) is 26.2 Å². The third kappa shape index (κ3) is 3.15. The quantitative estimate of drug-likeness (QED) is 0.922. The highest BCUT2D eigenvalue weighted by molar-refractivity contribution is 5.79. The van der Waals surface area contributed by atoms with E-state index in [1.807, 2.05) is 0 Å². The average molecular weight is 282 g/mol. The summed E-state index contributed by atoms with van der Waals surface area (Å²) in [5.41, 5.74) is 5.64. The van der Waals surface area contributed by atoms with Crippen molar-refractivity contribution in [2.75, 3.05) is 19.6 Å². The summed E-state index contributed by atoms with van der Waals surface area (Å²) in [7, 11) is 0. The van der Waals surface area contributed by atoms with E-state index < -0.39 is 11.6 Å². The Morgan fingerprint density at radius 3 is 2.35 bits per heavy atom. The van der Waals surface area contributed by atoms with Crippen molar-refractivity contribution in [3.05, 3.63) is 35.4 Å². The Morgan fingerprint density at radius 1 is 1.30 bits per heavy atom. The van der Waals surface area contributed by atoms with E-state index in [0.29, 0.717) is 19.6 Å². The molecular formula is C15H20F2N2O. The molecule has 1 amide bonds. The van der Waals surface area contributed by atoms with Crippen LogP contribution in [0.3, 0.4) is 0 Å². The fourth-order valence-corrected chi connectivity index (χ4v) is 2.46. The molecule has 2 N–H and O–H groups in total. The van der Waals surface area contributed by atoms with E-state index in [1.54, 1.807) is 4.90 Å². The highest BCUT2D eigenvalue weighted by Crippen LogP contribution is 2.29. The van der Waals surface area contributed by atoms with Gasteiger partial charge in [-0.25, -0.2) is 8.78 Å². The number of halogens is 2. The third-order valence-corrected chi connectivity index (χ3v) is 4.21. The van der Waals surface area contributed by atoms with Gasteiger partial charge in [-0.3, -0.25) is 4.79 Å². The van der Waals surface area contributed by atoms with Crippen LogP contribution in [0.5, 0.6) is 0 Å². The van der Waals surface area contributed by atoms with E-state index in [9.17, 15) is 13.6 Å². The van der Waals surface area contributed by atoms with E-state index in [2.05, 4.69) is 6.92 Å². The second kappa shape index (κ2) is 5.87. The molecule has 0 unspecified atom stereocenters. The van der Waals surface area contributed by atoms with Gasteiger partial charge in [0.25, 0.3) is 0 Å². The van der Waals surface area contributed by atoms with Gasteiger partial charge in [0.2, 0.25) is 5.91 Å². The fraction of sp³-hybridized carbons (Fsp3) is 0.533. The van der Waals surface area contributed by atoms with Crippen molar-refractivity contribution in [1.29, 1.82) is 0 Å². The number of rotatable bonds is 3. The van der Waals surface area contributed by atoms with Gasteiger partial charge in [-0.1, -0.05) is 13.0 Å². The molecular weight excluding hydrogens is 262 g/mol. The Morgan fingerprint density at radius 2 is 1.85 bits per heavy atom. The lowest BCUT2D eigenvalue weighted by atomic mass is 9.80. The van der Waals surface area contributed by atoms with Gasteiger partial charge in [-0.05, 0) is 36.9 Å². The van der Waals surface area contributed by atoms with E-state index in [-0.39, 0.29) is 23.3 Å². The molecule has 1 saturated heterocycles. The van der Waals surface area contributed by atoms with E-state index in [1.165, 1.54) is 18.2 Å². The predicted octanol–water partition coefficient (Wildman–Crippen LogP) is 2.09. The standard InChI is InChI=1S/C15H20F2N2O/c1-15(10-18)5-7-19(8-6-15)14(20)9-11-12(16)3-2-4-13(11)17/h2-4H,5-10,18H2,1H3. The summed E-state index contributed by atoms with van der Waals surface area (Å²) >= 11 is 0. The SMILES string of the molecule is CC1(CN)CCN(C(=O)Cc2c(F)cccc2F)CC1. The minimum atomic E-state index is -0.665. The number of nitrogens with two attached hydrogens (primary N) is 1. The summed E-state index contributed by atoms with van der Waals surface area (Å²) in [6, 6.07) is 3.65. The summed E-state index contributed by atoms with van der Waals surface area (Å²) in [6.07, 6.45) is 1.43. The van der Waals surface area contributed by atoms with Crippen molar-refractivity contribution >= 4 is 5.91 Å². The van der Waals surface area contributed by atoms with Crippen LogP contribution in [0.4, 0.5) is 8.78 Å². The number of carbonyl (C=O) groups excluding carboxylic acids is 1. The maximum atomic E-state index is 13.5. The van der Waals surface area contributed by atoms with Crippen LogP contribution >= 0.6 is 0 Å². The van der Waals surface area contributed by atoms with Crippen molar-refractivity contribution in [3.63, 3.8) is 0 Å². The molecule has 1 heterocycles. The first-order chi connectivity index (χ1) is 9.45. The second-order valence-corrected chi connectivity index (χ2v) is 5.77. The van der Waals surface area contributed by atoms with Crippen LogP contribution < -0.4 is 5.73 Å². The van der Waals surface area contributed by atoms with Gasteiger partial charge in [0.05, 0.1) is 6.42 Å². The first kappa shape index (κ1) is 14.9. The molecule has 0 aliphatic carbocycles. The summed E-state index contributed by atoms with van der Waals surface area (Å²) in [4.78, 5) is 13.8. The lowest BCUT2D eigenvalue weighted by Crippen LogP contribution is -2.45. The smallest absolute Gasteiger partial charge is 0.227 e. The number of likely N-dealkylation sites (tertiary alicyclic amines) is 1. The number of hydrogen-bond donors (Lipinski definition) is 1. The van der Waals surface area contributed by atoms with Crippen molar-refractivity contribution < 1.29 is 13.6 Å². The number of hydrogen-bond acceptors (Lipinski definition) is 2. The largest absolute Gasteiger partial charge is 0.342 e. The molecule has 0 atom stereocenters. The van der Waals surface area contributed by atoms with Gasteiger partial charge in [0.15, 0.2) is 0 Å². The van der Waals surface area contributed by atoms with Gasteiger partial charge >= 0.3 is 0 Å². The van der Waals surface area contributed by atoms with Crippen molar-refractivity contribution in [2.24, 2.45) is 11.1 Å².